The van der Waals surface area contributed by atoms with Crippen LogP contribution in [-0.4, -0.2) is 24.8 Å². The van der Waals surface area contributed by atoms with Gasteiger partial charge in [-0.25, -0.2) is 0 Å². The Kier molecular flexibility index (Phi) is 4.69. The second kappa shape index (κ2) is 6.91. The van der Waals surface area contributed by atoms with E-state index in [1.807, 2.05) is 50.2 Å². The molecule has 0 aromatic heterocycles. The van der Waals surface area contributed by atoms with Crippen molar-refractivity contribution in [2.45, 2.75) is 32.9 Å². The van der Waals surface area contributed by atoms with Crippen molar-refractivity contribution in [1.82, 2.24) is 5.32 Å². The number of oxime groups is 1. The van der Waals surface area contributed by atoms with E-state index in [4.69, 9.17) is 9.57 Å². The summed E-state index contributed by atoms with van der Waals surface area (Å²) in [5.74, 6) is 0.908. The second-order valence-corrected chi connectivity index (χ2v) is 6.22. The van der Waals surface area contributed by atoms with Gasteiger partial charge < -0.3 is 14.9 Å². The van der Waals surface area contributed by atoms with Gasteiger partial charge in [-0.05, 0) is 22.8 Å². The minimum absolute atomic E-state index is 0.149. The second-order valence-electron chi connectivity index (χ2n) is 6.22. The molecule has 0 aliphatic carbocycles. The Morgan fingerprint density at radius 3 is 2.83 bits per heavy atom. The van der Waals surface area contributed by atoms with E-state index in [2.05, 4.69) is 10.5 Å². The third-order valence-corrected chi connectivity index (χ3v) is 4.31. The van der Waals surface area contributed by atoms with Crippen molar-refractivity contribution in [3.63, 3.8) is 0 Å². The number of hydrogen-bond acceptors (Lipinski definition) is 4. The van der Waals surface area contributed by atoms with Crippen molar-refractivity contribution in [1.29, 1.82) is 0 Å². The zero-order valence-corrected chi connectivity index (χ0v) is 14.2. The van der Waals surface area contributed by atoms with Gasteiger partial charge in [-0.2, -0.15) is 0 Å². The number of benzene rings is 2. The van der Waals surface area contributed by atoms with E-state index in [1.165, 1.54) is 0 Å². The van der Waals surface area contributed by atoms with Crippen LogP contribution >= 0.6 is 0 Å². The van der Waals surface area contributed by atoms with Gasteiger partial charge >= 0.3 is 0 Å². The van der Waals surface area contributed by atoms with Gasteiger partial charge in [0.15, 0.2) is 0 Å². The number of carbonyl (C=O) groups is 1. The Morgan fingerprint density at radius 2 is 2.12 bits per heavy atom. The summed E-state index contributed by atoms with van der Waals surface area (Å²) in [6.07, 6.45) is 0.0132. The number of fused-ring (bicyclic) bond motifs is 1. The molecule has 1 aliphatic heterocycles. The predicted octanol–water partition coefficient (Wildman–Crippen LogP) is 3.27. The van der Waals surface area contributed by atoms with Crippen LogP contribution in [0.15, 0.2) is 41.6 Å². The van der Waals surface area contributed by atoms with Gasteiger partial charge in [0.1, 0.15) is 5.75 Å². The monoisotopic (exact) mass is 326 g/mol. The highest BCUT2D eigenvalue weighted by atomic mass is 16.6. The first-order chi connectivity index (χ1) is 11.6. The Hall–Kier alpha value is -2.56. The van der Waals surface area contributed by atoms with Crippen LogP contribution in [-0.2, 0) is 16.2 Å². The average Bonchev–Trinajstić information content (AvgIpc) is 3.09. The summed E-state index contributed by atoms with van der Waals surface area (Å²) in [4.78, 5) is 17.6. The van der Waals surface area contributed by atoms with Crippen molar-refractivity contribution < 1.29 is 14.4 Å². The van der Waals surface area contributed by atoms with Gasteiger partial charge in [0.25, 0.3) is 5.91 Å². The van der Waals surface area contributed by atoms with Crippen LogP contribution < -0.4 is 10.1 Å². The first-order valence-corrected chi connectivity index (χ1v) is 8.15. The fourth-order valence-electron chi connectivity index (χ4n) is 2.86. The van der Waals surface area contributed by atoms with Gasteiger partial charge in [-0.1, -0.05) is 49.3 Å². The molecule has 1 unspecified atom stereocenters. The lowest BCUT2D eigenvalue weighted by Crippen LogP contribution is -2.34. The van der Waals surface area contributed by atoms with E-state index in [-0.39, 0.29) is 5.91 Å². The maximum absolute atomic E-state index is 12.4. The van der Waals surface area contributed by atoms with E-state index in [9.17, 15) is 4.79 Å². The average molecular weight is 326 g/mol. The fraction of sp³-hybridized carbons (Fsp3) is 0.368. The molecule has 5 heteroatoms. The summed E-state index contributed by atoms with van der Waals surface area (Å²) in [7, 11) is 1.64. The van der Waals surface area contributed by atoms with Gasteiger partial charge in [0.2, 0.25) is 6.10 Å². The number of hydrogen-bond donors (Lipinski definition) is 1. The van der Waals surface area contributed by atoms with Crippen molar-refractivity contribution in [3.8, 4) is 5.75 Å². The van der Waals surface area contributed by atoms with E-state index < -0.39 is 6.10 Å². The Bertz CT molecular complexity index is 783. The fourth-order valence-corrected chi connectivity index (χ4v) is 2.86. The zero-order valence-electron chi connectivity index (χ0n) is 14.2. The summed E-state index contributed by atoms with van der Waals surface area (Å²) < 4.78 is 5.45. The molecule has 1 aliphatic rings. The number of methoxy groups -OCH3 is 1. The summed E-state index contributed by atoms with van der Waals surface area (Å²) in [5.41, 5.74) is 1.89. The molecule has 0 fully saturated rings. The first kappa shape index (κ1) is 16.3. The third-order valence-electron chi connectivity index (χ3n) is 4.31. The molecule has 0 saturated heterocycles. The normalized spacial score (nSPS) is 16.8. The lowest BCUT2D eigenvalue weighted by molar-refractivity contribution is -0.131. The van der Waals surface area contributed by atoms with Gasteiger partial charge in [0, 0.05) is 18.5 Å². The van der Waals surface area contributed by atoms with Crippen LogP contribution in [0.3, 0.4) is 0 Å². The lowest BCUT2D eigenvalue weighted by atomic mass is 10.0. The summed E-state index contributed by atoms with van der Waals surface area (Å²) >= 11 is 0. The summed E-state index contributed by atoms with van der Waals surface area (Å²) in [5, 5.41) is 9.15. The molecule has 1 amide bonds. The third kappa shape index (κ3) is 3.20. The number of nitrogens with one attached hydrogen (secondary N) is 1. The molecule has 0 bridgehead atoms. The first-order valence-electron chi connectivity index (χ1n) is 8.15. The van der Waals surface area contributed by atoms with Crippen LogP contribution in [0, 0.1) is 5.92 Å². The van der Waals surface area contributed by atoms with E-state index in [0.717, 1.165) is 27.8 Å². The number of carbonyl (C=O) groups excluding carboxylic acids is 1. The molecular formula is C19H22N2O3. The minimum Gasteiger partial charge on any atom is -0.496 e. The topological polar surface area (TPSA) is 59.9 Å². The maximum Gasteiger partial charge on any atom is 0.264 e. The predicted molar refractivity (Wildman–Crippen MR) is 94.1 cm³/mol. The van der Waals surface area contributed by atoms with Crippen LogP contribution in [0.2, 0.25) is 0 Å². The number of amides is 1. The molecule has 1 N–H and O–H groups in total. The minimum atomic E-state index is -0.539. The molecule has 1 atom stereocenters. The standard InChI is InChI=1S/C19H22N2O3/c1-12(2)16-10-18(24-21-16)19(22)20-11-15-14-7-5-4-6-13(14)8-9-17(15)23-3/h4-9,12,18H,10-11H2,1-3H3,(H,20,22). The Labute approximate surface area is 141 Å². The van der Waals surface area contributed by atoms with Crippen molar-refractivity contribution in [2.24, 2.45) is 11.1 Å². The van der Waals surface area contributed by atoms with Crippen LogP contribution in [0.1, 0.15) is 25.8 Å². The molecule has 2 aromatic carbocycles. The molecule has 0 saturated carbocycles. The van der Waals surface area contributed by atoms with Crippen molar-refractivity contribution >= 4 is 22.4 Å². The van der Waals surface area contributed by atoms with Crippen LogP contribution in [0.25, 0.3) is 10.8 Å². The summed E-state index contributed by atoms with van der Waals surface area (Å²) in [6, 6.07) is 12.0. The lowest BCUT2D eigenvalue weighted by Gasteiger charge is -2.14. The zero-order chi connectivity index (χ0) is 17.1. The highest BCUT2D eigenvalue weighted by Crippen LogP contribution is 2.28. The van der Waals surface area contributed by atoms with E-state index in [1.54, 1.807) is 7.11 Å². The molecule has 5 nitrogen and oxygen atoms in total. The molecule has 3 rings (SSSR count). The van der Waals surface area contributed by atoms with Crippen molar-refractivity contribution in [3.05, 3.63) is 42.0 Å². The molecule has 126 valence electrons. The van der Waals surface area contributed by atoms with E-state index in [0.29, 0.717) is 18.9 Å². The van der Waals surface area contributed by atoms with Crippen LogP contribution in [0.5, 0.6) is 5.75 Å². The molecule has 24 heavy (non-hydrogen) atoms. The highest BCUT2D eigenvalue weighted by molar-refractivity contribution is 5.94. The van der Waals surface area contributed by atoms with Gasteiger partial charge in [0.05, 0.1) is 12.8 Å². The van der Waals surface area contributed by atoms with Crippen LogP contribution in [0.4, 0.5) is 0 Å². The summed E-state index contributed by atoms with van der Waals surface area (Å²) in [6.45, 7) is 4.48. The SMILES string of the molecule is COc1ccc2ccccc2c1CNC(=O)C1CC(C(C)C)=NO1. The van der Waals surface area contributed by atoms with Crippen molar-refractivity contribution in [2.75, 3.05) is 7.11 Å². The largest absolute Gasteiger partial charge is 0.496 e. The molecule has 2 aromatic rings. The Balaban J connectivity index is 1.73. The van der Waals surface area contributed by atoms with E-state index >= 15 is 0 Å². The number of rotatable bonds is 5. The number of ether oxygens (including phenoxy) is 1. The van der Waals surface area contributed by atoms with Gasteiger partial charge in [-0.3, -0.25) is 4.79 Å². The number of nitrogens with zero attached hydrogens (tertiary/aromatic N) is 1. The molecule has 0 spiro atoms. The molecule has 0 radical (unpaired) electrons. The Morgan fingerprint density at radius 1 is 1.33 bits per heavy atom. The maximum atomic E-state index is 12.4. The molecular weight excluding hydrogens is 304 g/mol. The quantitative estimate of drug-likeness (QED) is 0.917. The van der Waals surface area contributed by atoms with Gasteiger partial charge in [-0.15, -0.1) is 0 Å². The highest BCUT2D eigenvalue weighted by Gasteiger charge is 2.29. The molecule has 1 heterocycles. The smallest absolute Gasteiger partial charge is 0.264 e.